The molecule has 0 amide bonds. The van der Waals surface area contributed by atoms with E-state index in [-0.39, 0.29) is 24.8 Å². The van der Waals surface area contributed by atoms with Crippen molar-refractivity contribution in [2.75, 3.05) is 7.11 Å². The second kappa shape index (κ2) is 9.28. The van der Waals surface area contributed by atoms with E-state index in [0.717, 1.165) is 16.8 Å². The zero-order valence-electron chi connectivity index (χ0n) is 11.4. The van der Waals surface area contributed by atoms with E-state index >= 15 is 0 Å². The van der Waals surface area contributed by atoms with Crippen LogP contribution in [0.15, 0.2) is 42.9 Å². The molecule has 5 nitrogen and oxygen atoms in total. The second-order valence-corrected chi connectivity index (χ2v) is 4.13. The molecular weight excluding hydrogens is 313 g/mol. The Hall–Kier alpha value is -1.69. The van der Waals surface area contributed by atoms with Crippen LogP contribution >= 0.6 is 24.8 Å². The summed E-state index contributed by atoms with van der Waals surface area (Å²) in [7, 11) is 1.33. The highest BCUT2D eigenvalue weighted by Crippen LogP contribution is 2.17. The molecule has 1 heterocycles. The van der Waals surface area contributed by atoms with E-state index in [9.17, 15) is 4.79 Å². The molecule has 1 atom stereocenters. The van der Waals surface area contributed by atoms with Gasteiger partial charge in [-0.15, -0.1) is 24.8 Å². The first kappa shape index (κ1) is 19.3. The van der Waals surface area contributed by atoms with Crippen molar-refractivity contribution in [3.63, 3.8) is 0 Å². The fraction of sp³-hybridized carbons (Fsp3) is 0.214. The molecular formula is C14H17Cl2N3O2. The Kier molecular flexibility index (Phi) is 8.54. The van der Waals surface area contributed by atoms with Gasteiger partial charge in [0.25, 0.3) is 0 Å². The summed E-state index contributed by atoms with van der Waals surface area (Å²) in [5.41, 5.74) is 8.55. The minimum absolute atomic E-state index is 0. The third-order valence-corrected chi connectivity index (χ3v) is 2.79. The Labute approximate surface area is 135 Å². The molecule has 0 aliphatic carbocycles. The van der Waals surface area contributed by atoms with Crippen molar-refractivity contribution in [3.8, 4) is 11.3 Å². The quantitative estimate of drug-likeness (QED) is 0.868. The minimum Gasteiger partial charge on any atom is -0.468 e. The number of ether oxygens (including phenoxy) is 1. The summed E-state index contributed by atoms with van der Waals surface area (Å²) in [6.45, 7) is 0. The maximum atomic E-state index is 11.2. The number of hydrogen-bond acceptors (Lipinski definition) is 5. The fourth-order valence-electron chi connectivity index (χ4n) is 1.76. The van der Waals surface area contributed by atoms with Crippen LogP contribution in [-0.4, -0.2) is 29.1 Å². The number of benzene rings is 1. The monoisotopic (exact) mass is 329 g/mol. The van der Waals surface area contributed by atoms with Crippen molar-refractivity contribution >= 4 is 30.8 Å². The number of nitrogens with zero attached hydrogens (tertiary/aromatic N) is 2. The van der Waals surface area contributed by atoms with Crippen molar-refractivity contribution < 1.29 is 9.53 Å². The van der Waals surface area contributed by atoms with Crippen LogP contribution in [0, 0.1) is 0 Å². The molecule has 2 N–H and O–H groups in total. The number of carbonyl (C=O) groups excluding carboxylic acids is 1. The van der Waals surface area contributed by atoms with Crippen LogP contribution in [0.25, 0.3) is 11.3 Å². The maximum absolute atomic E-state index is 11.2. The number of esters is 1. The fourth-order valence-corrected chi connectivity index (χ4v) is 1.76. The highest BCUT2D eigenvalue weighted by molar-refractivity contribution is 5.85. The highest BCUT2D eigenvalue weighted by atomic mass is 35.5. The molecule has 2 rings (SSSR count). The number of rotatable bonds is 4. The molecule has 1 aromatic carbocycles. The Balaban J connectivity index is 0.00000200. The summed E-state index contributed by atoms with van der Waals surface area (Å²) in [6.07, 6.45) is 3.66. The predicted molar refractivity (Wildman–Crippen MR) is 85.7 cm³/mol. The minimum atomic E-state index is -0.630. The summed E-state index contributed by atoms with van der Waals surface area (Å²) in [6, 6.07) is 8.97. The number of carbonyl (C=O) groups is 1. The van der Waals surface area contributed by atoms with Gasteiger partial charge in [0.1, 0.15) is 12.4 Å². The Morgan fingerprint density at radius 3 is 2.43 bits per heavy atom. The smallest absolute Gasteiger partial charge is 0.322 e. The first-order valence-electron chi connectivity index (χ1n) is 5.89. The Morgan fingerprint density at radius 1 is 1.24 bits per heavy atom. The second-order valence-electron chi connectivity index (χ2n) is 4.13. The van der Waals surface area contributed by atoms with Gasteiger partial charge in [0.05, 0.1) is 12.8 Å². The lowest BCUT2D eigenvalue weighted by atomic mass is 10.0. The molecule has 0 spiro atoms. The normalized spacial score (nSPS) is 10.8. The van der Waals surface area contributed by atoms with E-state index in [2.05, 4.69) is 14.7 Å². The van der Waals surface area contributed by atoms with E-state index < -0.39 is 12.0 Å². The first-order chi connectivity index (χ1) is 9.20. The molecule has 2 aromatic rings. The van der Waals surface area contributed by atoms with E-state index in [1.165, 1.54) is 13.4 Å². The average Bonchev–Trinajstić information content (AvgIpc) is 2.48. The van der Waals surface area contributed by atoms with Gasteiger partial charge in [-0.2, -0.15) is 0 Å². The van der Waals surface area contributed by atoms with Gasteiger partial charge in [-0.25, -0.2) is 9.97 Å². The van der Waals surface area contributed by atoms with Gasteiger partial charge in [0.2, 0.25) is 0 Å². The van der Waals surface area contributed by atoms with Crippen LogP contribution in [0.3, 0.4) is 0 Å². The number of aromatic nitrogens is 2. The van der Waals surface area contributed by atoms with Crippen LogP contribution in [0.1, 0.15) is 5.56 Å². The number of hydrogen-bond donors (Lipinski definition) is 1. The molecule has 7 heteroatoms. The molecule has 0 saturated carbocycles. The van der Waals surface area contributed by atoms with Crippen molar-refractivity contribution in [3.05, 3.63) is 48.4 Å². The van der Waals surface area contributed by atoms with Crippen molar-refractivity contribution in [2.24, 2.45) is 5.73 Å². The van der Waals surface area contributed by atoms with E-state index in [1.54, 1.807) is 6.20 Å². The average molecular weight is 330 g/mol. The maximum Gasteiger partial charge on any atom is 0.322 e. The van der Waals surface area contributed by atoms with Crippen LogP contribution in [0.4, 0.5) is 0 Å². The van der Waals surface area contributed by atoms with Gasteiger partial charge in [-0.05, 0) is 18.1 Å². The summed E-state index contributed by atoms with van der Waals surface area (Å²) in [5, 5.41) is 0. The molecule has 21 heavy (non-hydrogen) atoms. The first-order valence-corrected chi connectivity index (χ1v) is 5.89. The molecule has 0 fully saturated rings. The number of halogens is 2. The van der Waals surface area contributed by atoms with Crippen LogP contribution in [0.5, 0.6) is 0 Å². The lowest BCUT2D eigenvalue weighted by Gasteiger charge is -2.09. The van der Waals surface area contributed by atoms with E-state index in [1.807, 2.05) is 30.3 Å². The predicted octanol–water partition coefficient (Wildman–Crippen LogP) is 2.03. The van der Waals surface area contributed by atoms with Gasteiger partial charge in [-0.1, -0.05) is 24.3 Å². The van der Waals surface area contributed by atoms with Crippen molar-refractivity contribution in [1.82, 2.24) is 9.97 Å². The molecule has 0 aliphatic rings. The molecule has 114 valence electrons. The molecule has 1 aromatic heterocycles. The summed E-state index contributed by atoms with van der Waals surface area (Å²) < 4.78 is 4.60. The molecule has 0 aliphatic heterocycles. The van der Waals surface area contributed by atoms with E-state index in [0.29, 0.717) is 6.42 Å². The van der Waals surface area contributed by atoms with Crippen molar-refractivity contribution in [1.29, 1.82) is 0 Å². The lowest BCUT2D eigenvalue weighted by Crippen LogP contribution is -2.33. The number of methoxy groups -OCH3 is 1. The van der Waals surface area contributed by atoms with Gasteiger partial charge in [0.15, 0.2) is 0 Å². The summed E-state index contributed by atoms with van der Waals surface area (Å²) in [4.78, 5) is 19.3. The van der Waals surface area contributed by atoms with Gasteiger partial charge < -0.3 is 10.5 Å². The van der Waals surface area contributed by atoms with Crippen LogP contribution < -0.4 is 5.73 Å². The standard InChI is InChI=1S/C14H15N3O2.2ClH/c1-19-14(18)12(15)8-10-2-4-11(5-3-10)13-6-7-16-9-17-13;;/h2-7,9,12H,8,15H2,1H3;2*1H. The largest absolute Gasteiger partial charge is 0.468 e. The Morgan fingerprint density at radius 2 is 1.90 bits per heavy atom. The molecule has 1 unspecified atom stereocenters. The van der Waals surface area contributed by atoms with E-state index in [4.69, 9.17) is 5.73 Å². The van der Waals surface area contributed by atoms with Gasteiger partial charge in [0, 0.05) is 11.8 Å². The Bertz CT molecular complexity index is 550. The lowest BCUT2D eigenvalue weighted by molar-refractivity contribution is -0.142. The van der Waals surface area contributed by atoms with Crippen LogP contribution in [-0.2, 0) is 16.0 Å². The molecule has 0 bridgehead atoms. The van der Waals surface area contributed by atoms with Crippen LogP contribution in [0.2, 0.25) is 0 Å². The SMILES string of the molecule is COC(=O)C(N)Cc1ccc(-c2ccncn2)cc1.Cl.Cl. The van der Waals surface area contributed by atoms with Gasteiger partial charge >= 0.3 is 5.97 Å². The summed E-state index contributed by atoms with van der Waals surface area (Å²) in [5.74, 6) is -0.403. The highest BCUT2D eigenvalue weighted by Gasteiger charge is 2.14. The molecule has 0 saturated heterocycles. The van der Waals surface area contributed by atoms with Crippen molar-refractivity contribution in [2.45, 2.75) is 12.5 Å². The summed E-state index contributed by atoms with van der Waals surface area (Å²) >= 11 is 0. The van der Waals surface area contributed by atoms with Gasteiger partial charge in [-0.3, -0.25) is 4.79 Å². The third-order valence-electron chi connectivity index (χ3n) is 2.79. The zero-order chi connectivity index (χ0) is 13.7. The molecule has 0 radical (unpaired) electrons. The third kappa shape index (κ3) is 5.30. The topological polar surface area (TPSA) is 78.1 Å². The number of nitrogens with two attached hydrogens (primary N) is 1. The zero-order valence-corrected chi connectivity index (χ0v) is 13.1.